The molecule has 1 spiro atoms. The van der Waals surface area contributed by atoms with Crippen LogP contribution in [-0.4, -0.2) is 35.1 Å². The number of benzene rings is 2. The maximum Gasteiger partial charge on any atom is 0.225 e. The highest BCUT2D eigenvalue weighted by Gasteiger charge is 2.52. The third-order valence-corrected chi connectivity index (χ3v) is 6.91. The van der Waals surface area contributed by atoms with Crippen molar-refractivity contribution in [3.05, 3.63) is 83.2 Å². The lowest BCUT2D eigenvalue weighted by atomic mass is 9.63. The predicted octanol–water partition coefficient (Wildman–Crippen LogP) is 4.36. The molecule has 2 heterocycles. The fraction of sp³-hybridized carbons (Fsp3) is 0.333. The molecule has 1 saturated heterocycles. The van der Waals surface area contributed by atoms with Crippen molar-refractivity contribution in [2.75, 3.05) is 18.0 Å². The Morgan fingerprint density at radius 3 is 2.24 bits per heavy atom. The zero-order chi connectivity index (χ0) is 23.1. The second-order valence-electron chi connectivity index (χ2n) is 9.77. The molecule has 0 radical (unpaired) electrons. The van der Waals surface area contributed by atoms with E-state index in [1.165, 1.54) is 5.56 Å². The number of carbonyl (C=O) groups is 2. The van der Waals surface area contributed by atoms with Gasteiger partial charge in [0.2, 0.25) is 5.95 Å². The van der Waals surface area contributed by atoms with Crippen LogP contribution in [0.4, 0.5) is 5.95 Å². The van der Waals surface area contributed by atoms with Crippen molar-refractivity contribution in [3.63, 3.8) is 0 Å². The van der Waals surface area contributed by atoms with Crippen molar-refractivity contribution in [3.8, 4) is 5.75 Å². The first-order valence-electron chi connectivity index (χ1n) is 11.2. The highest BCUT2D eigenvalue weighted by Crippen LogP contribution is 2.46. The zero-order valence-corrected chi connectivity index (χ0v) is 19.0. The van der Waals surface area contributed by atoms with Gasteiger partial charge in [0.15, 0.2) is 0 Å². The number of rotatable bonds is 7. The number of hydrogen-bond donors (Lipinski definition) is 0. The Balaban J connectivity index is 1.20. The first-order chi connectivity index (χ1) is 15.9. The van der Waals surface area contributed by atoms with E-state index in [1.807, 2.05) is 42.5 Å². The Labute approximate surface area is 193 Å². The Morgan fingerprint density at radius 2 is 1.64 bits per heavy atom. The maximum absolute atomic E-state index is 11.3. The molecule has 33 heavy (non-hydrogen) atoms. The minimum atomic E-state index is -0.193. The van der Waals surface area contributed by atoms with Crippen molar-refractivity contribution in [2.45, 2.75) is 38.7 Å². The SMILES string of the molecule is CC(C)(c1ccc(C=O)cc1)c1ccc(OCc2ccnc(N3CC4(CC(=O)C4)C3)n2)cc1. The van der Waals surface area contributed by atoms with Gasteiger partial charge in [-0.05, 0) is 29.3 Å². The van der Waals surface area contributed by atoms with Gasteiger partial charge in [-0.15, -0.1) is 0 Å². The molecule has 6 nitrogen and oxygen atoms in total. The second kappa shape index (κ2) is 8.10. The Bertz CT molecular complexity index is 1170. The smallest absolute Gasteiger partial charge is 0.225 e. The van der Waals surface area contributed by atoms with Crippen LogP contribution in [0.3, 0.4) is 0 Å². The summed E-state index contributed by atoms with van der Waals surface area (Å²) in [6.07, 6.45) is 4.02. The van der Waals surface area contributed by atoms with E-state index in [0.29, 0.717) is 36.7 Å². The van der Waals surface area contributed by atoms with Gasteiger partial charge in [-0.25, -0.2) is 9.97 Å². The summed E-state index contributed by atoms with van der Waals surface area (Å²) < 4.78 is 5.98. The van der Waals surface area contributed by atoms with Crippen LogP contribution in [0.25, 0.3) is 0 Å². The molecule has 3 aromatic rings. The molecule has 5 rings (SSSR count). The average Bonchev–Trinajstić information content (AvgIpc) is 2.79. The Morgan fingerprint density at radius 1 is 1.00 bits per heavy atom. The van der Waals surface area contributed by atoms with E-state index in [2.05, 4.69) is 40.8 Å². The molecule has 1 aromatic heterocycles. The molecule has 168 valence electrons. The van der Waals surface area contributed by atoms with Gasteiger partial charge in [-0.2, -0.15) is 0 Å². The third-order valence-electron chi connectivity index (χ3n) is 6.91. The zero-order valence-electron chi connectivity index (χ0n) is 19.0. The van der Waals surface area contributed by atoms with Crippen molar-refractivity contribution in [2.24, 2.45) is 5.41 Å². The van der Waals surface area contributed by atoms with Crippen molar-refractivity contribution in [1.82, 2.24) is 9.97 Å². The number of Topliss-reactive ketones (excluding diaryl/α,β-unsaturated/α-hetero) is 1. The van der Waals surface area contributed by atoms with Gasteiger partial charge >= 0.3 is 0 Å². The van der Waals surface area contributed by atoms with Gasteiger partial charge in [-0.3, -0.25) is 9.59 Å². The number of ether oxygens (including phenoxy) is 1. The number of nitrogens with zero attached hydrogens (tertiary/aromatic N) is 3. The Kier molecular flexibility index (Phi) is 5.23. The molecule has 0 N–H and O–H groups in total. The molecule has 1 aliphatic heterocycles. The fourth-order valence-corrected chi connectivity index (χ4v) is 4.80. The molecule has 2 aliphatic rings. The molecule has 0 unspecified atom stereocenters. The van der Waals surface area contributed by atoms with Crippen molar-refractivity contribution < 1.29 is 14.3 Å². The highest BCUT2D eigenvalue weighted by atomic mass is 16.5. The van der Waals surface area contributed by atoms with Crippen molar-refractivity contribution in [1.29, 1.82) is 0 Å². The largest absolute Gasteiger partial charge is 0.487 e. The minimum absolute atomic E-state index is 0.180. The molecular formula is C27H27N3O3. The molecule has 0 bridgehead atoms. The van der Waals surface area contributed by atoms with E-state index in [-0.39, 0.29) is 10.8 Å². The monoisotopic (exact) mass is 441 g/mol. The van der Waals surface area contributed by atoms with Gasteiger partial charge in [-0.1, -0.05) is 50.2 Å². The van der Waals surface area contributed by atoms with E-state index < -0.39 is 0 Å². The normalized spacial score (nSPS) is 16.8. The fourth-order valence-electron chi connectivity index (χ4n) is 4.80. The topological polar surface area (TPSA) is 72.4 Å². The van der Waals surface area contributed by atoms with E-state index >= 15 is 0 Å². The van der Waals surface area contributed by atoms with E-state index in [0.717, 1.165) is 36.4 Å². The molecule has 1 saturated carbocycles. The minimum Gasteiger partial charge on any atom is -0.487 e. The lowest BCUT2D eigenvalue weighted by Gasteiger charge is -2.54. The van der Waals surface area contributed by atoms with Crippen LogP contribution >= 0.6 is 0 Å². The molecule has 1 aliphatic carbocycles. The molecule has 2 aromatic carbocycles. The summed E-state index contributed by atoms with van der Waals surface area (Å²) in [5.74, 6) is 1.85. The number of aldehydes is 1. The van der Waals surface area contributed by atoms with Gasteiger partial charge < -0.3 is 9.64 Å². The molecule has 6 heteroatoms. The third kappa shape index (κ3) is 4.13. The Hall–Kier alpha value is -3.54. The van der Waals surface area contributed by atoms with E-state index in [4.69, 9.17) is 4.74 Å². The second-order valence-corrected chi connectivity index (χ2v) is 9.77. The summed E-state index contributed by atoms with van der Waals surface area (Å²) in [7, 11) is 0. The van der Waals surface area contributed by atoms with Crippen molar-refractivity contribution >= 4 is 18.0 Å². The van der Waals surface area contributed by atoms with Crippen LogP contribution in [0.5, 0.6) is 5.75 Å². The maximum atomic E-state index is 11.3. The number of hydrogen-bond acceptors (Lipinski definition) is 6. The van der Waals surface area contributed by atoms with Gasteiger partial charge in [0.1, 0.15) is 24.4 Å². The highest BCUT2D eigenvalue weighted by molar-refractivity contribution is 5.87. The number of ketones is 1. The van der Waals surface area contributed by atoms with E-state index in [9.17, 15) is 9.59 Å². The number of anilines is 1. The molecule has 0 atom stereocenters. The van der Waals surface area contributed by atoms with Gasteiger partial charge in [0.05, 0.1) is 5.69 Å². The van der Waals surface area contributed by atoms with Crippen LogP contribution in [0.15, 0.2) is 60.8 Å². The van der Waals surface area contributed by atoms with Crippen LogP contribution in [0.1, 0.15) is 53.9 Å². The summed E-state index contributed by atoms with van der Waals surface area (Å²) in [4.78, 5) is 33.4. The first kappa shape index (κ1) is 21.3. The quantitative estimate of drug-likeness (QED) is 0.507. The lowest BCUT2D eigenvalue weighted by molar-refractivity contribution is -0.134. The first-order valence-corrected chi connectivity index (χ1v) is 11.2. The molecule has 2 fully saturated rings. The summed E-state index contributed by atoms with van der Waals surface area (Å²) in [5.41, 5.74) is 3.80. The lowest BCUT2D eigenvalue weighted by Crippen LogP contribution is -2.63. The van der Waals surface area contributed by atoms with E-state index in [1.54, 1.807) is 6.20 Å². The van der Waals surface area contributed by atoms with Crippen LogP contribution < -0.4 is 9.64 Å². The molecule has 0 amide bonds. The van der Waals surface area contributed by atoms with Crippen LogP contribution in [-0.2, 0) is 16.8 Å². The summed E-state index contributed by atoms with van der Waals surface area (Å²) >= 11 is 0. The summed E-state index contributed by atoms with van der Waals surface area (Å²) in [5, 5.41) is 0. The average molecular weight is 442 g/mol. The van der Waals surface area contributed by atoms with Gasteiger partial charge in [0.25, 0.3) is 0 Å². The summed E-state index contributed by atoms with van der Waals surface area (Å²) in [6.45, 7) is 6.42. The van der Waals surface area contributed by atoms with Gasteiger partial charge in [0, 0.05) is 48.5 Å². The number of carbonyl (C=O) groups excluding carboxylic acids is 2. The molecular weight excluding hydrogens is 414 g/mol. The predicted molar refractivity (Wildman–Crippen MR) is 126 cm³/mol. The van der Waals surface area contributed by atoms with Crippen LogP contribution in [0.2, 0.25) is 0 Å². The number of aromatic nitrogens is 2. The standard InChI is InChI=1S/C27H27N3O3/c1-26(2,20-5-3-19(15-31)4-6-20)21-7-9-24(10-8-21)33-16-22-11-12-28-25(29-22)30-17-27(18-30)13-23(32)14-27/h3-12,15H,13-14,16-18H2,1-2H3. The van der Waals surface area contributed by atoms with Crippen LogP contribution in [0, 0.1) is 5.41 Å². The summed E-state index contributed by atoms with van der Waals surface area (Å²) in [6, 6.07) is 17.7.